The minimum atomic E-state index is -0.382. The number of aliphatic hydroxyl groups excluding tert-OH is 1. The number of hydrogen-bond donors (Lipinski definition) is 1. The van der Waals surface area contributed by atoms with Crippen molar-refractivity contribution in [2.45, 2.75) is 38.9 Å². The lowest BCUT2D eigenvalue weighted by Crippen LogP contribution is -2.08. The van der Waals surface area contributed by atoms with Gasteiger partial charge in [-0.3, -0.25) is 0 Å². The molecular weight excluding hydrogens is 256 g/mol. The Kier molecular flexibility index (Phi) is 5.00. The van der Waals surface area contributed by atoms with Gasteiger partial charge in [-0.25, -0.2) is 0 Å². The van der Waals surface area contributed by atoms with Crippen molar-refractivity contribution in [1.29, 1.82) is 0 Å². The molecule has 0 radical (unpaired) electrons. The zero-order chi connectivity index (χ0) is 13.7. The molecule has 0 aliphatic rings. The summed E-state index contributed by atoms with van der Waals surface area (Å²) in [6.45, 7) is 4.05. The van der Waals surface area contributed by atoms with E-state index in [1.54, 1.807) is 11.3 Å². The Morgan fingerprint density at radius 3 is 2.63 bits per heavy atom. The molecule has 0 aliphatic heterocycles. The van der Waals surface area contributed by atoms with Gasteiger partial charge >= 0.3 is 0 Å². The molecule has 0 spiro atoms. The van der Waals surface area contributed by atoms with Crippen LogP contribution in [0.1, 0.15) is 36.8 Å². The minimum Gasteiger partial charge on any atom is -0.491 e. The van der Waals surface area contributed by atoms with Crippen molar-refractivity contribution in [3.63, 3.8) is 0 Å². The fourth-order valence-corrected chi connectivity index (χ4v) is 2.74. The molecule has 1 heterocycles. The van der Waals surface area contributed by atoms with Gasteiger partial charge in [0.05, 0.1) is 12.2 Å². The van der Waals surface area contributed by atoms with Gasteiger partial charge in [0.1, 0.15) is 5.75 Å². The summed E-state index contributed by atoms with van der Waals surface area (Å²) in [6.07, 6.45) is 1.33. The van der Waals surface area contributed by atoms with Gasteiger partial charge in [0.2, 0.25) is 0 Å². The Hall–Kier alpha value is -1.32. The van der Waals surface area contributed by atoms with Gasteiger partial charge in [-0.05, 0) is 49.8 Å². The number of benzene rings is 1. The van der Waals surface area contributed by atoms with E-state index in [9.17, 15) is 5.11 Å². The Labute approximate surface area is 118 Å². The molecule has 1 unspecified atom stereocenters. The van der Waals surface area contributed by atoms with Crippen LogP contribution < -0.4 is 4.74 Å². The van der Waals surface area contributed by atoms with Crippen molar-refractivity contribution in [1.82, 2.24) is 0 Å². The third kappa shape index (κ3) is 4.08. The summed E-state index contributed by atoms with van der Waals surface area (Å²) in [5.41, 5.74) is 1.16. The molecule has 19 heavy (non-hydrogen) atoms. The molecule has 2 nitrogen and oxygen atoms in total. The first kappa shape index (κ1) is 14.1. The molecule has 0 fully saturated rings. The zero-order valence-corrected chi connectivity index (χ0v) is 12.2. The molecule has 2 rings (SSSR count). The molecule has 1 atom stereocenters. The van der Waals surface area contributed by atoms with Crippen molar-refractivity contribution < 1.29 is 9.84 Å². The van der Waals surface area contributed by atoms with Crippen molar-refractivity contribution in [3.8, 4) is 5.75 Å². The zero-order valence-electron chi connectivity index (χ0n) is 11.4. The highest BCUT2D eigenvalue weighted by Gasteiger charge is 2.11. The average Bonchev–Trinajstić information content (AvgIpc) is 2.90. The lowest BCUT2D eigenvalue weighted by Gasteiger charge is -2.15. The van der Waals surface area contributed by atoms with Crippen LogP contribution in [0.2, 0.25) is 0 Å². The number of aryl methyl sites for hydroxylation is 1. The Bertz CT molecular complexity index is 491. The highest BCUT2D eigenvalue weighted by molar-refractivity contribution is 7.10. The molecule has 0 aliphatic carbocycles. The Morgan fingerprint density at radius 1 is 1.16 bits per heavy atom. The van der Waals surface area contributed by atoms with E-state index in [0.717, 1.165) is 29.0 Å². The second kappa shape index (κ2) is 6.73. The molecule has 1 aromatic heterocycles. The topological polar surface area (TPSA) is 29.5 Å². The van der Waals surface area contributed by atoms with Crippen LogP contribution in [0.5, 0.6) is 5.75 Å². The standard InChI is InChI=1S/C16H20O2S/c1-12(2)18-15-7-4-3-6-13(15)9-10-14(17)16-8-5-11-19-16/h3-8,11-12,14,17H,9-10H2,1-2H3. The number of hydrogen-bond acceptors (Lipinski definition) is 3. The molecule has 1 N–H and O–H groups in total. The predicted molar refractivity (Wildman–Crippen MR) is 79.8 cm³/mol. The van der Waals surface area contributed by atoms with Crippen molar-refractivity contribution in [2.75, 3.05) is 0 Å². The molecule has 2 aromatic rings. The van der Waals surface area contributed by atoms with E-state index >= 15 is 0 Å². The molecular formula is C16H20O2S. The third-order valence-corrected chi connectivity index (χ3v) is 3.87. The molecule has 0 bridgehead atoms. The van der Waals surface area contributed by atoms with Crippen LogP contribution in [-0.2, 0) is 6.42 Å². The molecule has 0 amide bonds. The summed E-state index contributed by atoms with van der Waals surface area (Å²) < 4.78 is 5.79. The first-order valence-electron chi connectivity index (χ1n) is 6.63. The van der Waals surface area contributed by atoms with E-state index in [-0.39, 0.29) is 12.2 Å². The summed E-state index contributed by atoms with van der Waals surface area (Å²) in [5, 5.41) is 12.1. The van der Waals surface area contributed by atoms with Crippen molar-refractivity contribution >= 4 is 11.3 Å². The molecule has 0 saturated carbocycles. The fourth-order valence-electron chi connectivity index (χ4n) is 1.99. The summed E-state index contributed by atoms with van der Waals surface area (Å²) in [6, 6.07) is 12.0. The number of para-hydroxylation sites is 1. The Morgan fingerprint density at radius 2 is 1.95 bits per heavy atom. The number of aliphatic hydroxyl groups is 1. The molecule has 102 valence electrons. The first-order chi connectivity index (χ1) is 9.16. The van der Waals surface area contributed by atoms with Crippen LogP contribution in [0.25, 0.3) is 0 Å². The van der Waals surface area contributed by atoms with Crippen LogP contribution in [0.4, 0.5) is 0 Å². The van der Waals surface area contributed by atoms with Crippen LogP contribution in [0, 0.1) is 0 Å². The van der Waals surface area contributed by atoms with E-state index in [1.807, 2.05) is 49.6 Å². The maximum Gasteiger partial charge on any atom is 0.122 e. The second-order valence-electron chi connectivity index (χ2n) is 4.84. The maximum absolute atomic E-state index is 10.1. The number of ether oxygens (including phenoxy) is 1. The van der Waals surface area contributed by atoms with Gasteiger partial charge in [0.25, 0.3) is 0 Å². The maximum atomic E-state index is 10.1. The Balaban J connectivity index is 1.99. The lowest BCUT2D eigenvalue weighted by molar-refractivity contribution is 0.170. The van der Waals surface area contributed by atoms with Gasteiger partial charge in [-0.2, -0.15) is 0 Å². The number of rotatable bonds is 6. The fraction of sp³-hybridized carbons (Fsp3) is 0.375. The van der Waals surface area contributed by atoms with Gasteiger partial charge in [-0.1, -0.05) is 24.3 Å². The van der Waals surface area contributed by atoms with E-state index in [2.05, 4.69) is 6.07 Å². The highest BCUT2D eigenvalue weighted by Crippen LogP contribution is 2.26. The summed E-state index contributed by atoms with van der Waals surface area (Å²) in [4.78, 5) is 1.03. The van der Waals surface area contributed by atoms with Crippen LogP contribution >= 0.6 is 11.3 Å². The predicted octanol–water partition coefficient (Wildman–Crippen LogP) is 4.20. The molecule has 3 heteroatoms. The number of thiophene rings is 1. The third-order valence-electron chi connectivity index (χ3n) is 2.89. The van der Waals surface area contributed by atoms with Crippen LogP contribution in [0.15, 0.2) is 41.8 Å². The second-order valence-corrected chi connectivity index (χ2v) is 5.82. The van der Waals surface area contributed by atoms with Crippen molar-refractivity contribution in [3.05, 3.63) is 52.2 Å². The van der Waals surface area contributed by atoms with Gasteiger partial charge in [-0.15, -0.1) is 11.3 Å². The normalized spacial score (nSPS) is 12.6. The summed E-state index contributed by atoms with van der Waals surface area (Å²) in [5.74, 6) is 0.927. The summed E-state index contributed by atoms with van der Waals surface area (Å²) >= 11 is 1.60. The van der Waals surface area contributed by atoms with Crippen molar-refractivity contribution in [2.24, 2.45) is 0 Å². The molecule has 0 saturated heterocycles. The van der Waals surface area contributed by atoms with E-state index < -0.39 is 0 Å². The van der Waals surface area contributed by atoms with Crippen LogP contribution in [0.3, 0.4) is 0 Å². The lowest BCUT2D eigenvalue weighted by atomic mass is 10.0. The smallest absolute Gasteiger partial charge is 0.122 e. The van der Waals surface area contributed by atoms with Gasteiger partial charge in [0.15, 0.2) is 0 Å². The van der Waals surface area contributed by atoms with E-state index in [1.165, 1.54) is 0 Å². The van der Waals surface area contributed by atoms with Gasteiger partial charge in [0, 0.05) is 4.88 Å². The summed E-state index contributed by atoms with van der Waals surface area (Å²) in [7, 11) is 0. The first-order valence-corrected chi connectivity index (χ1v) is 7.51. The minimum absolute atomic E-state index is 0.170. The quantitative estimate of drug-likeness (QED) is 0.856. The average molecular weight is 276 g/mol. The largest absolute Gasteiger partial charge is 0.491 e. The van der Waals surface area contributed by atoms with E-state index in [4.69, 9.17) is 4.74 Å². The van der Waals surface area contributed by atoms with Crippen LogP contribution in [-0.4, -0.2) is 11.2 Å². The van der Waals surface area contributed by atoms with E-state index in [0.29, 0.717) is 0 Å². The van der Waals surface area contributed by atoms with Gasteiger partial charge < -0.3 is 9.84 Å². The SMILES string of the molecule is CC(C)Oc1ccccc1CCC(O)c1cccs1. The highest BCUT2D eigenvalue weighted by atomic mass is 32.1. The molecule has 1 aromatic carbocycles. The monoisotopic (exact) mass is 276 g/mol.